The number of alkyl halides is 3. The van der Waals surface area contributed by atoms with E-state index in [1.807, 2.05) is 0 Å². The zero-order chi connectivity index (χ0) is 28.2. The monoisotopic (exact) mass is 587 g/mol. The van der Waals surface area contributed by atoms with E-state index in [0.29, 0.717) is 43.8 Å². The van der Waals surface area contributed by atoms with Gasteiger partial charge in [0.05, 0.1) is 37.7 Å². The Balaban J connectivity index is 1.35. The molecule has 0 saturated heterocycles. The van der Waals surface area contributed by atoms with Crippen molar-refractivity contribution in [3.63, 3.8) is 0 Å². The number of rotatable bonds is 5. The molecule has 10 nitrogen and oxygen atoms in total. The summed E-state index contributed by atoms with van der Waals surface area (Å²) in [6.07, 6.45) is -4.81. The minimum Gasteiger partial charge on any atom is -0.406 e. The van der Waals surface area contributed by atoms with E-state index in [9.17, 15) is 18.0 Å². The van der Waals surface area contributed by atoms with Crippen LogP contribution in [-0.4, -0.2) is 36.0 Å². The van der Waals surface area contributed by atoms with Crippen LogP contribution in [0.5, 0.6) is 5.75 Å². The highest BCUT2D eigenvalue weighted by atomic mass is 35.5. The lowest BCUT2D eigenvalue weighted by atomic mass is 10.2. The van der Waals surface area contributed by atoms with Gasteiger partial charge in [-0.2, -0.15) is 4.98 Å². The van der Waals surface area contributed by atoms with E-state index in [1.54, 1.807) is 41.9 Å². The second-order valence-corrected chi connectivity index (χ2v) is 9.27. The molecule has 3 aromatic heterocycles. The number of benzene rings is 3. The molecule has 15 heteroatoms. The first kappa shape index (κ1) is 25.6. The fraction of sp³-hybridized carbons (Fsp3) is 0.0800. The summed E-state index contributed by atoms with van der Waals surface area (Å²) in [4.78, 5) is 29.2. The average molecular weight is 588 g/mol. The molecule has 2 N–H and O–H groups in total. The third kappa shape index (κ3) is 4.69. The van der Waals surface area contributed by atoms with Gasteiger partial charge < -0.3 is 24.1 Å². The Kier molecular flexibility index (Phi) is 6.11. The van der Waals surface area contributed by atoms with Gasteiger partial charge in [0.25, 0.3) is 11.4 Å². The number of anilines is 2. The van der Waals surface area contributed by atoms with Crippen molar-refractivity contribution in [1.82, 2.24) is 29.7 Å². The van der Waals surface area contributed by atoms with Gasteiger partial charge in [0.1, 0.15) is 5.75 Å². The van der Waals surface area contributed by atoms with Crippen molar-refractivity contribution in [2.75, 3.05) is 5.32 Å². The highest BCUT2D eigenvalue weighted by Gasteiger charge is 2.31. The van der Waals surface area contributed by atoms with Gasteiger partial charge in [-0.3, -0.25) is 4.79 Å². The Morgan fingerprint density at radius 1 is 0.975 bits per heavy atom. The minimum atomic E-state index is -4.81. The summed E-state index contributed by atoms with van der Waals surface area (Å²) in [6, 6.07) is 13.3. The minimum absolute atomic E-state index is 0.0102. The number of aromatic nitrogens is 6. The van der Waals surface area contributed by atoms with E-state index in [2.05, 4.69) is 35.1 Å². The van der Waals surface area contributed by atoms with Gasteiger partial charge >= 0.3 is 6.36 Å². The van der Waals surface area contributed by atoms with E-state index >= 15 is 0 Å². The summed E-state index contributed by atoms with van der Waals surface area (Å²) >= 11 is 12.6. The normalized spacial score (nSPS) is 11.8. The predicted octanol–water partition coefficient (Wildman–Crippen LogP) is 6.48. The van der Waals surface area contributed by atoms with Crippen LogP contribution in [0.3, 0.4) is 0 Å². The molecule has 0 radical (unpaired) electrons. The maximum absolute atomic E-state index is 13.2. The van der Waals surface area contributed by atoms with Crippen LogP contribution in [0.2, 0.25) is 10.0 Å². The van der Waals surface area contributed by atoms with Crippen molar-refractivity contribution in [2.24, 2.45) is 7.05 Å². The Morgan fingerprint density at radius 3 is 2.38 bits per heavy atom. The predicted molar refractivity (Wildman–Crippen MR) is 142 cm³/mol. The number of nitrogens with one attached hydrogen (secondary N) is 2. The van der Waals surface area contributed by atoms with E-state index in [4.69, 9.17) is 27.7 Å². The largest absolute Gasteiger partial charge is 0.573 e. The fourth-order valence-electron chi connectivity index (χ4n) is 4.11. The summed E-state index contributed by atoms with van der Waals surface area (Å²) in [7, 11) is 1.73. The van der Waals surface area contributed by atoms with Crippen LogP contribution < -0.4 is 15.6 Å². The highest BCUT2D eigenvalue weighted by molar-refractivity contribution is 6.39. The van der Waals surface area contributed by atoms with Crippen molar-refractivity contribution in [3.05, 3.63) is 75.0 Å². The molecule has 0 amide bonds. The van der Waals surface area contributed by atoms with E-state index in [0.717, 1.165) is 12.1 Å². The number of fused-ring (bicyclic) bond motifs is 3. The molecule has 0 aliphatic carbocycles. The Hall–Kier alpha value is -4.62. The summed E-state index contributed by atoms with van der Waals surface area (Å²) < 4.78 is 48.1. The Morgan fingerprint density at radius 2 is 1.68 bits per heavy atom. The van der Waals surface area contributed by atoms with Crippen LogP contribution in [-0.2, 0) is 7.05 Å². The second-order valence-electron chi connectivity index (χ2n) is 8.45. The van der Waals surface area contributed by atoms with Gasteiger partial charge in [-0.05, 0) is 48.5 Å². The number of aryl methyl sites for hydroxylation is 1. The first-order valence-corrected chi connectivity index (χ1v) is 12.1. The van der Waals surface area contributed by atoms with Crippen molar-refractivity contribution >= 4 is 56.8 Å². The van der Waals surface area contributed by atoms with Gasteiger partial charge in [-0.1, -0.05) is 34.4 Å². The third-order valence-electron chi connectivity index (χ3n) is 5.88. The first-order chi connectivity index (χ1) is 19.1. The Labute approximate surface area is 231 Å². The molecule has 6 rings (SSSR count). The molecule has 40 heavy (non-hydrogen) atoms. The molecule has 202 valence electrons. The maximum Gasteiger partial charge on any atom is 0.573 e. The van der Waals surface area contributed by atoms with Gasteiger partial charge in [-0.15, -0.1) is 13.2 Å². The number of H-pyrrole nitrogens is 1. The summed E-state index contributed by atoms with van der Waals surface area (Å²) in [5.74, 6) is -0.00163. The maximum atomic E-state index is 13.2. The molecule has 0 fully saturated rings. The molecule has 0 aliphatic heterocycles. The number of hydrogen-bond acceptors (Lipinski definition) is 8. The summed E-state index contributed by atoms with van der Waals surface area (Å²) in [5.41, 5.74) is 1.73. The standard InChI is InChI=1S/C25H14Cl2F3N7O3/c1-37-19-16(32-24(37)33-18-13(26)3-2-4-14(18)27)10-9-15-17(19)22(38)34-21(31-15)23-35-20(36-40-23)11-5-7-12(8-6-11)39-25(28,29)30/h2-10H,1H3,(H,32,33)(H,31,34,38). The van der Waals surface area contributed by atoms with Crippen LogP contribution in [0.15, 0.2) is 63.9 Å². The smallest absolute Gasteiger partial charge is 0.406 e. The van der Waals surface area contributed by atoms with Gasteiger partial charge in [-0.25, -0.2) is 9.97 Å². The molecule has 6 aromatic rings. The zero-order valence-electron chi connectivity index (χ0n) is 20.0. The summed E-state index contributed by atoms with van der Waals surface area (Å²) in [6.45, 7) is 0. The zero-order valence-corrected chi connectivity index (χ0v) is 21.6. The number of nitrogens with zero attached hydrogens (tertiary/aromatic N) is 5. The van der Waals surface area contributed by atoms with Crippen LogP contribution in [0.1, 0.15) is 0 Å². The van der Waals surface area contributed by atoms with Crippen molar-refractivity contribution in [2.45, 2.75) is 6.36 Å². The molecule has 0 aliphatic rings. The molecule has 3 aromatic carbocycles. The molecule has 0 atom stereocenters. The number of halogens is 5. The molecule has 0 unspecified atom stereocenters. The molecule has 3 heterocycles. The van der Waals surface area contributed by atoms with Gasteiger partial charge in [0.15, 0.2) is 5.82 Å². The molecule has 0 bridgehead atoms. The molecular formula is C25H14Cl2F3N7O3. The van der Waals surface area contributed by atoms with Crippen molar-refractivity contribution in [1.29, 1.82) is 0 Å². The van der Waals surface area contributed by atoms with Crippen molar-refractivity contribution in [3.8, 4) is 28.9 Å². The highest BCUT2D eigenvalue weighted by Crippen LogP contribution is 2.34. The molecular weight excluding hydrogens is 574 g/mol. The Bertz CT molecular complexity index is 1950. The number of hydrogen-bond donors (Lipinski definition) is 2. The molecule has 0 saturated carbocycles. The first-order valence-electron chi connectivity index (χ1n) is 11.4. The van der Waals surface area contributed by atoms with E-state index < -0.39 is 17.7 Å². The lowest BCUT2D eigenvalue weighted by Crippen LogP contribution is -2.16. The van der Waals surface area contributed by atoms with E-state index in [1.165, 1.54) is 12.1 Å². The third-order valence-corrected chi connectivity index (χ3v) is 6.51. The quantitative estimate of drug-likeness (QED) is 0.235. The van der Waals surface area contributed by atoms with E-state index in [-0.39, 0.29) is 22.9 Å². The van der Waals surface area contributed by atoms with Gasteiger partial charge in [0, 0.05) is 12.6 Å². The SMILES string of the molecule is Cn1c(Nc2c(Cl)cccc2Cl)nc2ccc3nc(-c4nc(-c5ccc(OC(F)(F)F)cc5)no4)[nH]c(=O)c3c21. The van der Waals surface area contributed by atoms with Crippen LogP contribution in [0.4, 0.5) is 24.8 Å². The van der Waals surface area contributed by atoms with Crippen LogP contribution in [0.25, 0.3) is 45.0 Å². The number of ether oxygens (including phenoxy) is 1. The lowest BCUT2D eigenvalue weighted by molar-refractivity contribution is -0.274. The van der Waals surface area contributed by atoms with Gasteiger partial charge in [0.2, 0.25) is 11.8 Å². The molecule has 0 spiro atoms. The van der Waals surface area contributed by atoms with Crippen LogP contribution in [0, 0.1) is 0 Å². The number of imidazole rings is 1. The lowest BCUT2D eigenvalue weighted by Gasteiger charge is -2.10. The second kappa shape index (κ2) is 9.54. The summed E-state index contributed by atoms with van der Waals surface area (Å²) in [5, 5.41) is 8.03. The number of para-hydroxylation sites is 1. The topological polar surface area (TPSA) is 124 Å². The average Bonchev–Trinajstić information content (AvgIpc) is 3.51. The fourth-order valence-corrected chi connectivity index (χ4v) is 4.61. The van der Waals surface area contributed by atoms with Crippen molar-refractivity contribution < 1.29 is 22.4 Å². The van der Waals surface area contributed by atoms with Crippen LogP contribution >= 0.6 is 23.2 Å². The number of aromatic amines is 1.